The highest BCUT2D eigenvalue weighted by Crippen LogP contribution is 2.66. The molecular weight excluding hydrogens is 491 g/mol. The summed E-state index contributed by atoms with van der Waals surface area (Å²) < 4.78 is 51.8. The Balaban J connectivity index is 2.14. The van der Waals surface area contributed by atoms with E-state index in [1.165, 1.54) is 13.1 Å². The lowest BCUT2D eigenvalue weighted by molar-refractivity contribution is -0.0267. The zero-order chi connectivity index (χ0) is 23.6. The average Bonchev–Trinajstić information content (AvgIpc) is 2.96. The zero-order valence-electron chi connectivity index (χ0n) is 15.3. The molecule has 18 nitrogen and oxygen atoms in total. The normalized spacial score (nSPS) is 25.4. The van der Waals surface area contributed by atoms with Crippen LogP contribution in [0.25, 0.3) is 10.4 Å². The minimum Gasteiger partial charge on any atom is -0.352 e. The molecule has 174 valence electrons. The van der Waals surface area contributed by atoms with Gasteiger partial charge in [-0.15, -0.1) is 0 Å². The topological polar surface area (TPSA) is 273 Å². The molecule has 0 amide bonds. The second-order valence-electron chi connectivity index (χ2n) is 6.00. The van der Waals surface area contributed by atoms with Crippen molar-refractivity contribution in [2.24, 2.45) is 5.11 Å². The smallest absolute Gasteiger partial charge is 0.352 e. The van der Waals surface area contributed by atoms with Crippen molar-refractivity contribution in [1.82, 2.24) is 9.55 Å². The Morgan fingerprint density at radius 2 is 1.90 bits per heavy atom. The number of phosphoric acid groups is 3. The molecule has 21 heteroatoms. The van der Waals surface area contributed by atoms with E-state index in [1.807, 2.05) is 4.98 Å². The standard InChI is InChI=1S/C10H16N5O13P3/c1-5-3-15(10(17)12-9(5)16)8-2-6(13-14-11)7(26-8)4-25-30(21,22)28-31(23,24)27-29(18,19)20/h3,6-8H,2,4H2,1H3,(H,21,22)(H,23,24)(H,12,16,17)(H2,18,19,20)/t6?,7-,8-/m1/s1. The lowest BCUT2D eigenvalue weighted by atomic mass is 10.1. The van der Waals surface area contributed by atoms with E-state index in [1.54, 1.807) is 0 Å². The van der Waals surface area contributed by atoms with E-state index in [2.05, 4.69) is 23.2 Å². The van der Waals surface area contributed by atoms with Crippen LogP contribution in [0.3, 0.4) is 0 Å². The minimum absolute atomic E-state index is 0.111. The Kier molecular flexibility index (Phi) is 7.82. The number of aromatic amines is 1. The number of hydrogen-bond donors (Lipinski definition) is 5. The summed E-state index contributed by atoms with van der Waals surface area (Å²) in [5.41, 5.74) is 7.38. The van der Waals surface area contributed by atoms with Crippen molar-refractivity contribution in [3.05, 3.63) is 43.0 Å². The monoisotopic (exact) mass is 507 g/mol. The van der Waals surface area contributed by atoms with Crippen LogP contribution in [0.5, 0.6) is 0 Å². The Bertz CT molecular complexity index is 1140. The summed E-state index contributed by atoms with van der Waals surface area (Å²) in [6.07, 6.45) is -1.26. The maximum absolute atomic E-state index is 12.0. The van der Waals surface area contributed by atoms with E-state index in [4.69, 9.17) is 24.9 Å². The Morgan fingerprint density at radius 1 is 1.26 bits per heavy atom. The van der Waals surface area contributed by atoms with E-state index in [0.717, 1.165) is 4.57 Å². The molecule has 0 aliphatic carbocycles. The fourth-order valence-electron chi connectivity index (χ4n) is 2.49. The van der Waals surface area contributed by atoms with Crippen LogP contribution in [0.4, 0.5) is 0 Å². The van der Waals surface area contributed by atoms with Gasteiger partial charge in [0.15, 0.2) is 0 Å². The van der Waals surface area contributed by atoms with Crippen molar-refractivity contribution < 1.29 is 51.2 Å². The van der Waals surface area contributed by atoms with Gasteiger partial charge in [-0.3, -0.25) is 18.9 Å². The third-order valence-electron chi connectivity index (χ3n) is 3.68. The highest BCUT2D eigenvalue weighted by Gasteiger charge is 2.43. The quantitative estimate of drug-likeness (QED) is 0.129. The minimum atomic E-state index is -5.70. The second-order valence-corrected chi connectivity index (χ2v) is 10.4. The van der Waals surface area contributed by atoms with Gasteiger partial charge in [-0.2, -0.15) is 8.62 Å². The van der Waals surface area contributed by atoms with Gasteiger partial charge in [-0.1, -0.05) is 5.11 Å². The summed E-state index contributed by atoms with van der Waals surface area (Å²) in [6.45, 7) is 0.544. The van der Waals surface area contributed by atoms with Crippen LogP contribution in [-0.4, -0.2) is 47.9 Å². The maximum Gasteiger partial charge on any atom is 0.490 e. The molecule has 2 heterocycles. The molecule has 5 atom stereocenters. The third-order valence-corrected chi connectivity index (χ3v) is 7.48. The molecule has 1 aliphatic heterocycles. The summed E-state index contributed by atoms with van der Waals surface area (Å²) in [5, 5.41) is 3.42. The number of ether oxygens (including phenoxy) is 1. The molecule has 1 aliphatic rings. The van der Waals surface area contributed by atoms with E-state index >= 15 is 0 Å². The maximum atomic E-state index is 12.0. The number of nitrogens with one attached hydrogen (secondary N) is 1. The first kappa shape index (κ1) is 25.6. The molecule has 1 saturated heterocycles. The van der Waals surface area contributed by atoms with E-state index in [-0.39, 0.29) is 12.0 Å². The van der Waals surface area contributed by atoms with Gasteiger partial charge in [0.25, 0.3) is 5.56 Å². The number of aromatic nitrogens is 2. The van der Waals surface area contributed by atoms with Crippen LogP contribution in [0.15, 0.2) is 20.9 Å². The third kappa shape index (κ3) is 7.47. The summed E-state index contributed by atoms with van der Waals surface area (Å²) in [6, 6.07) is -1.04. The second kappa shape index (κ2) is 9.46. The van der Waals surface area contributed by atoms with Crippen molar-refractivity contribution in [1.29, 1.82) is 0 Å². The molecule has 0 saturated carbocycles. The number of hydrogen-bond acceptors (Lipinski definition) is 10. The molecule has 1 aromatic rings. The summed E-state index contributed by atoms with van der Waals surface area (Å²) in [7, 11) is -16.7. The summed E-state index contributed by atoms with van der Waals surface area (Å²) in [5.74, 6) is 0. The van der Waals surface area contributed by atoms with Gasteiger partial charge in [0.2, 0.25) is 0 Å². The fraction of sp³-hybridized carbons (Fsp3) is 0.600. The van der Waals surface area contributed by atoms with Crippen LogP contribution in [0.1, 0.15) is 18.2 Å². The largest absolute Gasteiger partial charge is 0.490 e. The molecule has 0 aromatic carbocycles. The Morgan fingerprint density at radius 3 is 2.48 bits per heavy atom. The fourth-order valence-corrected chi connectivity index (χ4v) is 5.52. The van der Waals surface area contributed by atoms with Gasteiger partial charge in [0, 0.05) is 23.1 Å². The number of phosphoric ester groups is 1. The molecule has 1 aromatic heterocycles. The summed E-state index contributed by atoms with van der Waals surface area (Å²) >= 11 is 0. The first-order valence-corrected chi connectivity index (χ1v) is 12.4. The van der Waals surface area contributed by atoms with Gasteiger partial charge in [0.05, 0.1) is 18.8 Å². The predicted octanol–water partition coefficient (Wildman–Crippen LogP) is 0.155. The molecule has 0 radical (unpaired) electrons. The zero-order valence-corrected chi connectivity index (χ0v) is 18.0. The van der Waals surface area contributed by atoms with E-state index in [9.17, 15) is 28.2 Å². The highest BCUT2D eigenvalue weighted by atomic mass is 31.3. The Hall–Kier alpha value is -1.64. The molecule has 2 rings (SSSR count). The van der Waals surface area contributed by atoms with Gasteiger partial charge in [0.1, 0.15) is 6.23 Å². The van der Waals surface area contributed by atoms with Crippen LogP contribution >= 0.6 is 23.5 Å². The molecule has 31 heavy (non-hydrogen) atoms. The lowest BCUT2D eigenvalue weighted by Gasteiger charge is -2.19. The van der Waals surface area contributed by atoms with Gasteiger partial charge in [-0.25, -0.2) is 18.5 Å². The highest BCUT2D eigenvalue weighted by molar-refractivity contribution is 7.66. The predicted molar refractivity (Wildman–Crippen MR) is 97.3 cm³/mol. The number of azide groups is 1. The molecule has 5 N–H and O–H groups in total. The van der Waals surface area contributed by atoms with Crippen LogP contribution in [0, 0.1) is 6.92 Å². The Labute approximate surface area is 171 Å². The number of H-pyrrole nitrogens is 1. The molecule has 0 spiro atoms. The first-order valence-electron chi connectivity index (χ1n) is 7.92. The van der Waals surface area contributed by atoms with Crippen molar-refractivity contribution in [2.75, 3.05) is 6.61 Å². The molecular formula is C10H16N5O13P3. The van der Waals surface area contributed by atoms with Gasteiger partial charge >= 0.3 is 29.2 Å². The number of aryl methyl sites for hydroxylation is 1. The SMILES string of the molecule is Cc1cn([C@H]2CC(N=[N+]=[N-])[C@@H](COP(=O)(O)OP(=O)(O)OP(=O)(O)O)O2)c(=O)[nH]c1=O. The van der Waals surface area contributed by atoms with Gasteiger partial charge < -0.3 is 24.3 Å². The van der Waals surface area contributed by atoms with Crippen molar-refractivity contribution >= 4 is 23.5 Å². The van der Waals surface area contributed by atoms with Gasteiger partial charge in [-0.05, 0) is 12.5 Å². The van der Waals surface area contributed by atoms with Crippen molar-refractivity contribution in [2.45, 2.75) is 31.7 Å². The number of nitrogens with zero attached hydrogens (tertiary/aromatic N) is 4. The van der Waals surface area contributed by atoms with Crippen molar-refractivity contribution in [3.8, 4) is 0 Å². The van der Waals surface area contributed by atoms with Crippen LogP contribution < -0.4 is 11.2 Å². The number of rotatable bonds is 9. The molecule has 3 unspecified atom stereocenters. The summed E-state index contributed by atoms with van der Waals surface area (Å²) in [4.78, 5) is 63.7. The first-order chi connectivity index (χ1) is 14.1. The van der Waals surface area contributed by atoms with E-state index in [0.29, 0.717) is 0 Å². The molecule has 1 fully saturated rings. The van der Waals surface area contributed by atoms with E-state index < -0.39 is 59.7 Å². The molecule has 0 bridgehead atoms. The van der Waals surface area contributed by atoms with Crippen LogP contribution in [0.2, 0.25) is 0 Å². The van der Waals surface area contributed by atoms with Crippen molar-refractivity contribution in [3.63, 3.8) is 0 Å². The van der Waals surface area contributed by atoms with Crippen LogP contribution in [-0.2, 0) is 31.6 Å². The average molecular weight is 507 g/mol. The lowest BCUT2D eigenvalue weighted by Crippen LogP contribution is -2.33.